The van der Waals surface area contributed by atoms with Gasteiger partial charge in [-0.05, 0) is 24.6 Å². The number of aryl methyl sites for hydroxylation is 1. The molecule has 15 heavy (non-hydrogen) atoms. The second-order valence-electron chi connectivity index (χ2n) is 3.62. The number of benzene rings is 1. The molecular formula is C11H12BrNO2. The highest BCUT2D eigenvalue weighted by atomic mass is 79.9. The Morgan fingerprint density at radius 3 is 2.93 bits per heavy atom. The number of carbonyl (C=O) groups is 1. The number of carbonyl (C=O) groups excluding carboxylic acids is 1. The Bertz CT molecular complexity index is 417. The largest absolute Gasteiger partial charge is 0.491 e. The molecule has 80 valence electrons. The van der Waals surface area contributed by atoms with Crippen molar-refractivity contribution >= 4 is 27.5 Å². The number of rotatable bonds is 0. The summed E-state index contributed by atoms with van der Waals surface area (Å²) in [6, 6.07) is 3.88. The van der Waals surface area contributed by atoms with Crippen LogP contribution in [0.3, 0.4) is 0 Å². The van der Waals surface area contributed by atoms with Crippen LogP contribution in [0.2, 0.25) is 0 Å². The number of halogens is 1. The fourth-order valence-electron chi connectivity index (χ4n) is 1.58. The van der Waals surface area contributed by atoms with Gasteiger partial charge in [0.2, 0.25) is 5.91 Å². The van der Waals surface area contributed by atoms with Crippen LogP contribution >= 0.6 is 15.9 Å². The van der Waals surface area contributed by atoms with Crippen molar-refractivity contribution in [3.05, 3.63) is 22.2 Å². The van der Waals surface area contributed by atoms with Gasteiger partial charge < -0.3 is 9.64 Å². The van der Waals surface area contributed by atoms with Gasteiger partial charge in [0, 0.05) is 11.5 Å². The van der Waals surface area contributed by atoms with E-state index in [9.17, 15) is 4.79 Å². The number of hydrogen-bond acceptors (Lipinski definition) is 2. The molecule has 0 spiro atoms. The molecule has 1 heterocycles. The molecule has 1 aromatic rings. The summed E-state index contributed by atoms with van der Waals surface area (Å²) < 4.78 is 6.54. The van der Waals surface area contributed by atoms with E-state index in [1.807, 2.05) is 19.1 Å². The average Bonchev–Trinajstić information content (AvgIpc) is 2.32. The molecule has 2 rings (SSSR count). The fraction of sp³-hybridized carbons (Fsp3) is 0.364. The standard InChI is InChI=1S/C11H12BrNO2/c1-7-5-9-10(6-8(7)12)15-4-3-11(14)13(9)2/h5-6H,3-4H2,1-2H3. The Balaban J connectivity index is 2.54. The molecule has 0 atom stereocenters. The van der Waals surface area contributed by atoms with Crippen LogP contribution in [0.1, 0.15) is 12.0 Å². The lowest BCUT2D eigenvalue weighted by Crippen LogP contribution is -2.25. The molecule has 3 nitrogen and oxygen atoms in total. The lowest BCUT2D eigenvalue weighted by molar-refractivity contribution is -0.118. The molecule has 0 radical (unpaired) electrons. The van der Waals surface area contributed by atoms with E-state index in [0.29, 0.717) is 13.0 Å². The van der Waals surface area contributed by atoms with Gasteiger partial charge in [0.1, 0.15) is 5.75 Å². The summed E-state index contributed by atoms with van der Waals surface area (Å²) >= 11 is 3.45. The van der Waals surface area contributed by atoms with E-state index in [1.54, 1.807) is 11.9 Å². The number of hydrogen-bond donors (Lipinski definition) is 0. The van der Waals surface area contributed by atoms with Gasteiger partial charge in [-0.1, -0.05) is 15.9 Å². The van der Waals surface area contributed by atoms with Gasteiger partial charge >= 0.3 is 0 Å². The molecule has 1 aromatic carbocycles. The van der Waals surface area contributed by atoms with Gasteiger partial charge in [0.05, 0.1) is 18.7 Å². The Hall–Kier alpha value is -1.03. The summed E-state index contributed by atoms with van der Waals surface area (Å²) in [5.74, 6) is 0.858. The van der Waals surface area contributed by atoms with Crippen LogP contribution in [0.25, 0.3) is 0 Å². The van der Waals surface area contributed by atoms with E-state index in [1.165, 1.54) is 0 Å². The average molecular weight is 270 g/mol. The number of fused-ring (bicyclic) bond motifs is 1. The summed E-state index contributed by atoms with van der Waals surface area (Å²) in [6.45, 7) is 2.44. The van der Waals surface area contributed by atoms with Crippen LogP contribution in [-0.4, -0.2) is 19.6 Å². The van der Waals surface area contributed by atoms with E-state index in [2.05, 4.69) is 15.9 Å². The molecule has 0 aliphatic carbocycles. The lowest BCUT2D eigenvalue weighted by atomic mass is 10.2. The highest BCUT2D eigenvalue weighted by Crippen LogP contribution is 2.35. The van der Waals surface area contributed by atoms with Gasteiger partial charge in [-0.15, -0.1) is 0 Å². The first kappa shape index (κ1) is 10.5. The first-order valence-electron chi connectivity index (χ1n) is 4.79. The van der Waals surface area contributed by atoms with Crippen LogP contribution in [0.4, 0.5) is 5.69 Å². The smallest absolute Gasteiger partial charge is 0.230 e. The topological polar surface area (TPSA) is 29.5 Å². The van der Waals surface area contributed by atoms with Crippen LogP contribution in [0.15, 0.2) is 16.6 Å². The number of nitrogens with zero attached hydrogens (tertiary/aromatic N) is 1. The van der Waals surface area contributed by atoms with Gasteiger partial charge in [0.15, 0.2) is 0 Å². The van der Waals surface area contributed by atoms with Crippen molar-refractivity contribution in [3.8, 4) is 5.75 Å². The molecule has 0 fully saturated rings. The zero-order valence-corrected chi connectivity index (χ0v) is 10.3. The molecule has 1 aliphatic rings. The van der Waals surface area contributed by atoms with Gasteiger partial charge in [0.25, 0.3) is 0 Å². The van der Waals surface area contributed by atoms with Crippen LogP contribution in [0.5, 0.6) is 5.75 Å². The van der Waals surface area contributed by atoms with Gasteiger partial charge in [-0.25, -0.2) is 0 Å². The molecule has 0 aromatic heterocycles. The molecule has 1 aliphatic heterocycles. The molecular weight excluding hydrogens is 258 g/mol. The SMILES string of the molecule is Cc1cc2c(cc1Br)OCCC(=O)N2C. The van der Waals surface area contributed by atoms with Crippen molar-refractivity contribution in [2.75, 3.05) is 18.6 Å². The van der Waals surface area contributed by atoms with Gasteiger partial charge in [-0.2, -0.15) is 0 Å². The van der Waals surface area contributed by atoms with E-state index in [4.69, 9.17) is 4.74 Å². The molecule has 0 N–H and O–H groups in total. The minimum Gasteiger partial charge on any atom is -0.491 e. The summed E-state index contributed by atoms with van der Waals surface area (Å²) in [7, 11) is 1.78. The minimum atomic E-state index is 0.0930. The maximum atomic E-state index is 11.6. The third-order valence-corrected chi connectivity index (χ3v) is 3.40. The molecule has 0 saturated heterocycles. The molecule has 4 heteroatoms. The Labute approximate surface area is 97.2 Å². The quantitative estimate of drug-likeness (QED) is 0.725. The van der Waals surface area contributed by atoms with Crippen molar-refractivity contribution in [2.24, 2.45) is 0 Å². The zero-order chi connectivity index (χ0) is 11.0. The van der Waals surface area contributed by atoms with Gasteiger partial charge in [-0.3, -0.25) is 4.79 Å². The first-order chi connectivity index (χ1) is 7.09. The Morgan fingerprint density at radius 1 is 1.47 bits per heavy atom. The molecule has 0 saturated carbocycles. The van der Waals surface area contributed by atoms with Crippen molar-refractivity contribution in [1.29, 1.82) is 0 Å². The highest BCUT2D eigenvalue weighted by Gasteiger charge is 2.20. The minimum absolute atomic E-state index is 0.0930. The van der Waals surface area contributed by atoms with E-state index in [0.717, 1.165) is 21.5 Å². The van der Waals surface area contributed by atoms with Crippen molar-refractivity contribution < 1.29 is 9.53 Å². The van der Waals surface area contributed by atoms with Crippen LogP contribution < -0.4 is 9.64 Å². The van der Waals surface area contributed by atoms with E-state index >= 15 is 0 Å². The fourth-order valence-corrected chi connectivity index (χ4v) is 1.90. The first-order valence-corrected chi connectivity index (χ1v) is 5.58. The maximum absolute atomic E-state index is 11.6. The number of amides is 1. The van der Waals surface area contributed by atoms with Crippen LogP contribution in [-0.2, 0) is 4.79 Å². The van der Waals surface area contributed by atoms with E-state index < -0.39 is 0 Å². The normalized spacial score (nSPS) is 15.7. The van der Waals surface area contributed by atoms with E-state index in [-0.39, 0.29) is 5.91 Å². The highest BCUT2D eigenvalue weighted by molar-refractivity contribution is 9.10. The summed E-state index contributed by atoms with van der Waals surface area (Å²) in [5, 5.41) is 0. The molecule has 0 bridgehead atoms. The third-order valence-electron chi connectivity index (χ3n) is 2.55. The second kappa shape index (κ2) is 3.85. The number of ether oxygens (including phenoxy) is 1. The van der Waals surface area contributed by atoms with Crippen LogP contribution in [0, 0.1) is 6.92 Å². The maximum Gasteiger partial charge on any atom is 0.230 e. The Kier molecular flexibility index (Phi) is 2.69. The van der Waals surface area contributed by atoms with Crippen molar-refractivity contribution in [3.63, 3.8) is 0 Å². The van der Waals surface area contributed by atoms with Crippen molar-refractivity contribution in [2.45, 2.75) is 13.3 Å². The van der Waals surface area contributed by atoms with Crippen molar-refractivity contribution in [1.82, 2.24) is 0 Å². The monoisotopic (exact) mass is 269 g/mol. The summed E-state index contributed by atoms with van der Waals surface area (Å²) in [6.07, 6.45) is 0.432. The predicted molar refractivity (Wildman–Crippen MR) is 62.4 cm³/mol. The predicted octanol–water partition coefficient (Wildman–Crippen LogP) is 2.50. The molecule has 1 amide bonds. The lowest BCUT2D eigenvalue weighted by Gasteiger charge is -2.17. The summed E-state index contributed by atoms with van der Waals surface area (Å²) in [5.41, 5.74) is 1.94. The molecule has 0 unspecified atom stereocenters. The summed E-state index contributed by atoms with van der Waals surface area (Å²) in [4.78, 5) is 13.3. The second-order valence-corrected chi connectivity index (χ2v) is 4.47. The third kappa shape index (κ3) is 1.86. The Morgan fingerprint density at radius 2 is 2.20 bits per heavy atom. The zero-order valence-electron chi connectivity index (χ0n) is 8.71. The number of anilines is 1.